The van der Waals surface area contributed by atoms with Crippen LogP contribution in [0.15, 0.2) is 60.7 Å². The summed E-state index contributed by atoms with van der Waals surface area (Å²) in [4.78, 5) is 13.7. The molecule has 0 amide bonds. The highest BCUT2D eigenvalue weighted by Crippen LogP contribution is 2.32. The molecule has 0 aromatic heterocycles. The summed E-state index contributed by atoms with van der Waals surface area (Å²) in [6, 6.07) is 19.8. The first-order chi connectivity index (χ1) is 13.8. The van der Waals surface area contributed by atoms with E-state index in [1.165, 1.54) is 6.92 Å². The highest BCUT2D eigenvalue weighted by atomic mass is 32.2. The Morgan fingerprint density at radius 3 is 1.93 bits per heavy atom. The zero-order valence-corrected chi connectivity index (χ0v) is 17.5. The van der Waals surface area contributed by atoms with Crippen molar-refractivity contribution in [3.63, 3.8) is 0 Å². The van der Waals surface area contributed by atoms with Gasteiger partial charge in [0.1, 0.15) is 12.2 Å². The van der Waals surface area contributed by atoms with Gasteiger partial charge in [0.25, 0.3) is 10.1 Å². The van der Waals surface area contributed by atoms with Crippen LogP contribution >= 0.6 is 0 Å². The van der Waals surface area contributed by atoms with Crippen LogP contribution in [0.3, 0.4) is 0 Å². The van der Waals surface area contributed by atoms with Gasteiger partial charge in [0, 0.05) is 26.1 Å². The molecule has 3 atom stereocenters. The Balaban J connectivity index is 1.89. The zero-order chi connectivity index (χ0) is 20.9. The van der Waals surface area contributed by atoms with E-state index in [1.807, 2.05) is 60.7 Å². The topological polar surface area (TPSA) is 72.9 Å². The number of rotatable bonds is 8. The number of benzene rings is 2. The van der Waals surface area contributed by atoms with E-state index in [4.69, 9.17) is 8.92 Å². The molecule has 156 valence electrons. The Morgan fingerprint density at radius 2 is 1.48 bits per heavy atom. The Hall–Kier alpha value is -2.22. The lowest BCUT2D eigenvalue weighted by Crippen LogP contribution is -2.45. The second-order valence-corrected chi connectivity index (χ2v) is 9.03. The quantitative estimate of drug-likeness (QED) is 0.485. The third kappa shape index (κ3) is 6.39. The van der Waals surface area contributed by atoms with E-state index >= 15 is 0 Å². The molecule has 1 aliphatic rings. The van der Waals surface area contributed by atoms with Crippen molar-refractivity contribution in [3.8, 4) is 0 Å². The van der Waals surface area contributed by atoms with Gasteiger partial charge in [-0.15, -0.1) is 0 Å². The van der Waals surface area contributed by atoms with Crippen molar-refractivity contribution in [2.24, 2.45) is 0 Å². The summed E-state index contributed by atoms with van der Waals surface area (Å²) in [7, 11) is -3.71. The van der Waals surface area contributed by atoms with Crippen molar-refractivity contribution >= 4 is 16.1 Å². The molecule has 0 aliphatic heterocycles. The van der Waals surface area contributed by atoms with E-state index in [0.717, 1.165) is 17.4 Å². The molecule has 1 aliphatic carbocycles. The molecule has 0 saturated heterocycles. The molecule has 7 heteroatoms. The monoisotopic (exact) mass is 417 g/mol. The van der Waals surface area contributed by atoms with Crippen LogP contribution in [-0.4, -0.2) is 43.8 Å². The molecule has 0 radical (unpaired) electrons. The van der Waals surface area contributed by atoms with Gasteiger partial charge in [0.15, 0.2) is 0 Å². The predicted molar refractivity (Wildman–Crippen MR) is 110 cm³/mol. The molecular weight excluding hydrogens is 390 g/mol. The normalized spacial score (nSPS) is 22.0. The molecule has 1 fully saturated rings. The van der Waals surface area contributed by atoms with E-state index in [-0.39, 0.29) is 6.04 Å². The fraction of sp³-hybridized carbons (Fsp3) is 0.409. The second-order valence-electron chi connectivity index (χ2n) is 7.43. The zero-order valence-electron chi connectivity index (χ0n) is 16.7. The number of hydrogen-bond donors (Lipinski definition) is 0. The largest absolute Gasteiger partial charge is 0.460 e. The Kier molecular flexibility index (Phi) is 7.05. The Morgan fingerprint density at radius 1 is 0.966 bits per heavy atom. The maximum absolute atomic E-state index is 11.9. The molecule has 2 aromatic rings. The summed E-state index contributed by atoms with van der Waals surface area (Å²) in [5.74, 6) is -0.435. The average Bonchev–Trinajstić information content (AvgIpc) is 3.03. The first kappa shape index (κ1) is 21.5. The van der Waals surface area contributed by atoms with E-state index in [0.29, 0.717) is 25.9 Å². The first-order valence-corrected chi connectivity index (χ1v) is 11.5. The van der Waals surface area contributed by atoms with Gasteiger partial charge in [-0.05, 0) is 24.0 Å². The van der Waals surface area contributed by atoms with Crippen molar-refractivity contribution in [1.29, 1.82) is 0 Å². The molecule has 0 bridgehead atoms. The highest BCUT2D eigenvalue weighted by molar-refractivity contribution is 7.86. The summed E-state index contributed by atoms with van der Waals surface area (Å²) in [6.07, 6.45) is 0.955. The first-order valence-electron chi connectivity index (χ1n) is 9.69. The third-order valence-corrected chi connectivity index (χ3v) is 5.59. The van der Waals surface area contributed by atoms with E-state index in [1.54, 1.807) is 0 Å². The second kappa shape index (κ2) is 9.52. The minimum Gasteiger partial charge on any atom is -0.460 e. The van der Waals surface area contributed by atoms with Crippen molar-refractivity contribution in [1.82, 2.24) is 4.90 Å². The lowest BCUT2D eigenvalue weighted by atomic mass is 10.1. The summed E-state index contributed by atoms with van der Waals surface area (Å²) < 4.78 is 34.7. The molecule has 6 nitrogen and oxygen atoms in total. The van der Waals surface area contributed by atoms with Gasteiger partial charge in [-0.1, -0.05) is 60.7 Å². The van der Waals surface area contributed by atoms with Crippen LogP contribution < -0.4 is 0 Å². The van der Waals surface area contributed by atoms with E-state index in [9.17, 15) is 13.2 Å². The average molecular weight is 418 g/mol. The van der Waals surface area contributed by atoms with Gasteiger partial charge in [-0.25, -0.2) is 0 Å². The predicted octanol–water partition coefficient (Wildman–Crippen LogP) is 3.13. The van der Waals surface area contributed by atoms with Crippen LogP contribution in [0.5, 0.6) is 0 Å². The number of esters is 1. The van der Waals surface area contributed by atoms with Gasteiger partial charge >= 0.3 is 5.97 Å². The SMILES string of the molecule is CC(=O)OC1CCC(N(Cc2ccccc2)Cc2ccccc2)C1OS(C)(=O)=O. The van der Waals surface area contributed by atoms with Crippen LogP contribution in [0.2, 0.25) is 0 Å². The molecule has 0 spiro atoms. The number of nitrogens with zero attached hydrogens (tertiary/aromatic N) is 1. The molecule has 1 saturated carbocycles. The number of carbonyl (C=O) groups excluding carboxylic acids is 1. The van der Waals surface area contributed by atoms with Gasteiger partial charge in [0.2, 0.25) is 0 Å². The standard InChI is InChI=1S/C22H27NO5S/c1-17(24)27-21-14-13-20(22(21)28-29(2,25)26)23(15-18-9-5-3-6-10-18)16-19-11-7-4-8-12-19/h3-12,20-22H,13-16H2,1-2H3. The van der Waals surface area contributed by atoms with Crippen LogP contribution in [0.4, 0.5) is 0 Å². The van der Waals surface area contributed by atoms with E-state index in [2.05, 4.69) is 4.90 Å². The van der Waals surface area contributed by atoms with Crippen LogP contribution in [0.1, 0.15) is 30.9 Å². The van der Waals surface area contributed by atoms with E-state index < -0.39 is 28.3 Å². The smallest absolute Gasteiger partial charge is 0.302 e. The van der Waals surface area contributed by atoms with Crippen LogP contribution in [-0.2, 0) is 36.9 Å². The van der Waals surface area contributed by atoms with Crippen LogP contribution in [0, 0.1) is 0 Å². The molecule has 0 heterocycles. The lowest BCUT2D eigenvalue weighted by molar-refractivity contribution is -0.150. The number of hydrogen-bond acceptors (Lipinski definition) is 6. The molecule has 2 aromatic carbocycles. The summed E-state index contributed by atoms with van der Waals surface area (Å²) >= 11 is 0. The highest BCUT2D eigenvalue weighted by Gasteiger charge is 2.44. The van der Waals surface area contributed by atoms with Crippen LogP contribution in [0.25, 0.3) is 0 Å². The molecule has 29 heavy (non-hydrogen) atoms. The minimum atomic E-state index is -3.71. The van der Waals surface area contributed by atoms with Crippen molar-refractivity contribution in [2.75, 3.05) is 6.26 Å². The van der Waals surface area contributed by atoms with Crippen molar-refractivity contribution in [3.05, 3.63) is 71.8 Å². The fourth-order valence-electron chi connectivity index (χ4n) is 3.90. The maximum atomic E-state index is 11.9. The van der Waals surface area contributed by atoms with Gasteiger partial charge < -0.3 is 4.74 Å². The maximum Gasteiger partial charge on any atom is 0.302 e. The third-order valence-electron chi connectivity index (χ3n) is 5.02. The minimum absolute atomic E-state index is 0.200. The summed E-state index contributed by atoms with van der Waals surface area (Å²) in [5, 5.41) is 0. The summed E-state index contributed by atoms with van der Waals surface area (Å²) in [5.41, 5.74) is 2.25. The fourth-order valence-corrected chi connectivity index (χ4v) is 4.55. The Bertz CT molecular complexity index is 860. The van der Waals surface area contributed by atoms with Gasteiger partial charge in [-0.2, -0.15) is 8.42 Å². The molecule has 0 N–H and O–H groups in total. The molecule has 3 unspecified atom stereocenters. The Labute approximate surface area is 172 Å². The van der Waals surface area contributed by atoms with Gasteiger partial charge in [-0.3, -0.25) is 13.9 Å². The number of ether oxygens (including phenoxy) is 1. The van der Waals surface area contributed by atoms with Crippen molar-refractivity contribution < 1.29 is 22.1 Å². The number of carbonyl (C=O) groups is 1. The summed E-state index contributed by atoms with van der Waals surface area (Å²) in [6.45, 7) is 2.60. The molecule has 3 rings (SSSR count). The van der Waals surface area contributed by atoms with Crippen molar-refractivity contribution in [2.45, 2.75) is 51.1 Å². The molecular formula is C22H27NO5S. The van der Waals surface area contributed by atoms with Gasteiger partial charge in [0.05, 0.1) is 6.26 Å². The lowest BCUT2D eigenvalue weighted by Gasteiger charge is -2.33.